The Morgan fingerprint density at radius 3 is 2.90 bits per heavy atom. The zero-order chi connectivity index (χ0) is 13.9. The third kappa shape index (κ3) is 2.41. The smallest absolute Gasteiger partial charge is 0.278 e. The van der Waals surface area contributed by atoms with E-state index in [4.69, 9.17) is 10.3 Å². The fourth-order valence-corrected chi connectivity index (χ4v) is 1.68. The summed E-state index contributed by atoms with van der Waals surface area (Å²) in [5.41, 5.74) is 6.45. The van der Waals surface area contributed by atoms with Crippen LogP contribution in [0.2, 0.25) is 0 Å². The van der Waals surface area contributed by atoms with E-state index in [0.717, 1.165) is 6.20 Å². The number of rotatable bonds is 4. The molecule has 0 bridgehead atoms. The third-order valence-corrected chi connectivity index (χ3v) is 2.62. The van der Waals surface area contributed by atoms with Crippen LogP contribution >= 0.6 is 0 Å². The van der Waals surface area contributed by atoms with Crippen molar-refractivity contribution in [1.82, 2.24) is 24.7 Å². The predicted octanol–water partition coefficient (Wildman–Crippen LogP) is 1.09. The van der Waals surface area contributed by atoms with Crippen molar-refractivity contribution in [2.24, 2.45) is 5.73 Å². The van der Waals surface area contributed by atoms with Gasteiger partial charge in [0.05, 0.1) is 12.5 Å². The van der Waals surface area contributed by atoms with Gasteiger partial charge in [0.25, 0.3) is 5.89 Å². The molecule has 8 heteroatoms. The van der Waals surface area contributed by atoms with Crippen LogP contribution in [0.25, 0.3) is 23.1 Å². The summed E-state index contributed by atoms with van der Waals surface area (Å²) >= 11 is 0. The maximum atomic E-state index is 12.8. The van der Waals surface area contributed by atoms with E-state index in [1.807, 2.05) is 4.57 Å². The Labute approximate surface area is 113 Å². The van der Waals surface area contributed by atoms with E-state index in [-0.39, 0.29) is 11.7 Å². The van der Waals surface area contributed by atoms with Crippen molar-refractivity contribution in [3.05, 3.63) is 36.7 Å². The van der Waals surface area contributed by atoms with E-state index in [9.17, 15) is 4.39 Å². The molecule has 0 radical (unpaired) electrons. The molecule has 3 rings (SSSR count). The average molecular weight is 274 g/mol. The molecular weight excluding hydrogens is 263 g/mol. The highest BCUT2D eigenvalue weighted by Crippen LogP contribution is 2.19. The normalized spacial score (nSPS) is 10.9. The van der Waals surface area contributed by atoms with Crippen molar-refractivity contribution in [1.29, 1.82) is 0 Å². The molecule has 0 atom stereocenters. The molecule has 0 fully saturated rings. The maximum Gasteiger partial charge on any atom is 0.278 e. The molecule has 20 heavy (non-hydrogen) atoms. The molecule has 0 unspecified atom stereocenters. The predicted molar refractivity (Wildman–Crippen MR) is 67.8 cm³/mol. The Morgan fingerprint density at radius 1 is 1.25 bits per heavy atom. The molecule has 7 nitrogen and oxygen atoms in total. The molecule has 3 aromatic heterocycles. The van der Waals surface area contributed by atoms with Gasteiger partial charge in [-0.25, -0.2) is 14.4 Å². The second kappa shape index (κ2) is 5.17. The Bertz CT molecular complexity index is 705. The summed E-state index contributed by atoms with van der Waals surface area (Å²) in [5, 5.41) is 3.80. The molecule has 0 amide bonds. The summed E-state index contributed by atoms with van der Waals surface area (Å²) in [6.07, 6.45) is 4.51. The minimum Gasteiger partial charge on any atom is -0.335 e. The standard InChI is InChI=1S/C12H11FN6O/c13-8-1-2-9(15-5-8)11-17-12(20-18-11)10-6-19(4-3-14)7-16-10/h1-2,5-7H,3-4,14H2. The first kappa shape index (κ1) is 12.4. The van der Waals surface area contributed by atoms with Gasteiger partial charge in [-0.05, 0) is 12.1 Å². The minimum atomic E-state index is -0.419. The van der Waals surface area contributed by atoms with Crippen LogP contribution in [0, 0.1) is 5.82 Å². The molecule has 0 aromatic carbocycles. The van der Waals surface area contributed by atoms with Crippen LogP contribution in [0.4, 0.5) is 4.39 Å². The van der Waals surface area contributed by atoms with E-state index < -0.39 is 5.82 Å². The first-order valence-corrected chi connectivity index (χ1v) is 5.94. The van der Waals surface area contributed by atoms with Crippen LogP contribution < -0.4 is 5.73 Å². The lowest BCUT2D eigenvalue weighted by atomic mass is 10.3. The first-order chi connectivity index (χ1) is 9.76. The van der Waals surface area contributed by atoms with Crippen molar-refractivity contribution in [3.63, 3.8) is 0 Å². The van der Waals surface area contributed by atoms with Crippen LogP contribution in [-0.4, -0.2) is 31.2 Å². The van der Waals surface area contributed by atoms with Gasteiger partial charge in [0, 0.05) is 19.3 Å². The van der Waals surface area contributed by atoms with Crippen molar-refractivity contribution >= 4 is 0 Å². The second-order valence-corrected chi connectivity index (χ2v) is 4.07. The quantitative estimate of drug-likeness (QED) is 0.765. The fraction of sp³-hybridized carbons (Fsp3) is 0.167. The third-order valence-electron chi connectivity index (χ3n) is 2.62. The Balaban J connectivity index is 1.87. The van der Waals surface area contributed by atoms with Crippen LogP contribution in [0.5, 0.6) is 0 Å². The Hall–Kier alpha value is -2.61. The molecule has 0 saturated heterocycles. The lowest BCUT2D eigenvalue weighted by Crippen LogP contribution is -2.07. The van der Waals surface area contributed by atoms with E-state index in [0.29, 0.717) is 24.5 Å². The van der Waals surface area contributed by atoms with Crippen LogP contribution in [0.15, 0.2) is 35.4 Å². The van der Waals surface area contributed by atoms with Crippen molar-refractivity contribution in [2.45, 2.75) is 6.54 Å². The number of nitrogens with zero attached hydrogens (tertiary/aromatic N) is 5. The number of aromatic nitrogens is 5. The molecule has 3 aromatic rings. The van der Waals surface area contributed by atoms with E-state index in [1.54, 1.807) is 12.5 Å². The van der Waals surface area contributed by atoms with E-state index in [1.165, 1.54) is 12.1 Å². The maximum absolute atomic E-state index is 12.8. The van der Waals surface area contributed by atoms with Crippen LogP contribution in [0.3, 0.4) is 0 Å². The van der Waals surface area contributed by atoms with Gasteiger partial charge in [0.2, 0.25) is 5.82 Å². The SMILES string of the molecule is NCCn1cnc(-c2nc(-c3ccc(F)cn3)no2)c1. The summed E-state index contributed by atoms with van der Waals surface area (Å²) < 4.78 is 19.8. The highest BCUT2D eigenvalue weighted by Gasteiger charge is 2.13. The second-order valence-electron chi connectivity index (χ2n) is 4.07. The van der Waals surface area contributed by atoms with Crippen LogP contribution in [0.1, 0.15) is 0 Å². The van der Waals surface area contributed by atoms with Gasteiger partial charge in [-0.1, -0.05) is 5.16 Å². The molecule has 2 N–H and O–H groups in total. The molecule has 3 heterocycles. The number of imidazole rings is 1. The zero-order valence-corrected chi connectivity index (χ0v) is 10.4. The van der Waals surface area contributed by atoms with Gasteiger partial charge >= 0.3 is 0 Å². The van der Waals surface area contributed by atoms with Gasteiger partial charge in [-0.15, -0.1) is 0 Å². The first-order valence-electron chi connectivity index (χ1n) is 5.94. The molecule has 0 aliphatic heterocycles. The number of pyridine rings is 1. The minimum absolute atomic E-state index is 0.280. The van der Waals surface area contributed by atoms with Gasteiger partial charge in [0.15, 0.2) is 0 Å². The number of hydrogen-bond acceptors (Lipinski definition) is 6. The number of halogens is 1. The zero-order valence-electron chi connectivity index (χ0n) is 10.4. The molecule has 0 aliphatic rings. The topological polar surface area (TPSA) is 95.7 Å². The van der Waals surface area contributed by atoms with Gasteiger partial charge in [-0.3, -0.25) is 0 Å². The van der Waals surface area contributed by atoms with Crippen molar-refractivity contribution in [3.8, 4) is 23.1 Å². The monoisotopic (exact) mass is 274 g/mol. The number of nitrogens with two attached hydrogens (primary N) is 1. The van der Waals surface area contributed by atoms with Crippen LogP contribution in [-0.2, 0) is 6.54 Å². The van der Waals surface area contributed by atoms with Gasteiger partial charge < -0.3 is 14.8 Å². The van der Waals surface area contributed by atoms with Gasteiger partial charge in [-0.2, -0.15) is 4.98 Å². The molecular formula is C12H11FN6O. The van der Waals surface area contributed by atoms with E-state index >= 15 is 0 Å². The fourth-order valence-electron chi connectivity index (χ4n) is 1.68. The lowest BCUT2D eigenvalue weighted by Gasteiger charge is -1.94. The van der Waals surface area contributed by atoms with Crippen molar-refractivity contribution < 1.29 is 8.91 Å². The summed E-state index contributed by atoms with van der Waals surface area (Å²) in [5.74, 6) is 0.147. The Kier molecular flexibility index (Phi) is 3.21. The molecule has 102 valence electrons. The Morgan fingerprint density at radius 2 is 2.15 bits per heavy atom. The number of hydrogen-bond donors (Lipinski definition) is 1. The van der Waals surface area contributed by atoms with Crippen molar-refractivity contribution in [2.75, 3.05) is 6.54 Å². The summed E-state index contributed by atoms with van der Waals surface area (Å²) in [7, 11) is 0. The molecule has 0 saturated carbocycles. The highest BCUT2D eigenvalue weighted by molar-refractivity contribution is 5.53. The highest BCUT2D eigenvalue weighted by atomic mass is 19.1. The average Bonchev–Trinajstić information content (AvgIpc) is 3.08. The summed E-state index contributed by atoms with van der Waals surface area (Å²) in [4.78, 5) is 12.2. The van der Waals surface area contributed by atoms with Gasteiger partial charge in [0.1, 0.15) is 17.2 Å². The summed E-state index contributed by atoms with van der Waals surface area (Å²) in [6, 6.07) is 2.77. The molecule has 0 spiro atoms. The largest absolute Gasteiger partial charge is 0.335 e. The lowest BCUT2D eigenvalue weighted by molar-refractivity contribution is 0.431. The molecule has 0 aliphatic carbocycles. The van der Waals surface area contributed by atoms with E-state index in [2.05, 4.69) is 20.1 Å². The summed E-state index contributed by atoms with van der Waals surface area (Å²) in [6.45, 7) is 1.18.